The van der Waals surface area contributed by atoms with Crippen molar-refractivity contribution in [1.82, 2.24) is 10.6 Å². The molecule has 118 valence electrons. The number of piperidine rings is 1. The highest BCUT2D eigenvalue weighted by Gasteiger charge is 2.30. The van der Waals surface area contributed by atoms with Crippen molar-refractivity contribution >= 4 is 50.6 Å². The Kier molecular flexibility index (Phi) is 3.89. The fraction of sp³-hybridized carbons (Fsp3) is 0.250. The molecule has 23 heavy (non-hydrogen) atoms. The minimum atomic E-state index is -0.718. The average Bonchev–Trinajstić information content (AvgIpc) is 2.77. The van der Waals surface area contributed by atoms with E-state index < -0.39 is 17.9 Å². The minimum Gasteiger partial charge on any atom is -0.340 e. The lowest BCUT2D eigenvalue weighted by molar-refractivity contribution is -0.134. The third-order valence-electron chi connectivity index (χ3n) is 3.91. The Morgan fingerprint density at radius 2 is 2.17 bits per heavy atom. The number of nitrogens with one attached hydrogen (secondary N) is 2. The van der Waals surface area contributed by atoms with Gasteiger partial charge in [0.1, 0.15) is 6.04 Å². The predicted molar refractivity (Wildman–Crippen MR) is 89.6 cm³/mol. The first-order valence-corrected chi connectivity index (χ1v) is 7.89. The van der Waals surface area contributed by atoms with Gasteiger partial charge in [-0.2, -0.15) is 0 Å². The monoisotopic (exact) mass is 375 g/mol. The van der Waals surface area contributed by atoms with E-state index in [4.69, 9.17) is 0 Å². The molecule has 1 saturated heterocycles. The fourth-order valence-corrected chi connectivity index (χ4v) is 3.08. The van der Waals surface area contributed by atoms with Crippen molar-refractivity contribution in [3.63, 3.8) is 0 Å². The van der Waals surface area contributed by atoms with Gasteiger partial charge in [0.2, 0.25) is 11.8 Å². The first-order chi connectivity index (χ1) is 10.9. The van der Waals surface area contributed by atoms with E-state index in [0.29, 0.717) is 17.7 Å². The molecular weight excluding hydrogens is 362 g/mol. The highest BCUT2D eigenvalue weighted by Crippen LogP contribution is 2.39. The maximum absolute atomic E-state index is 12.6. The van der Waals surface area contributed by atoms with Crippen LogP contribution in [0.2, 0.25) is 0 Å². The van der Waals surface area contributed by atoms with Crippen LogP contribution in [0.25, 0.3) is 5.57 Å². The number of amides is 3. The molecule has 0 spiro atoms. The molecule has 3 amide bonds. The molecule has 1 aromatic carbocycles. The Morgan fingerprint density at radius 3 is 2.87 bits per heavy atom. The van der Waals surface area contributed by atoms with Crippen molar-refractivity contribution in [3.8, 4) is 0 Å². The molecule has 1 fully saturated rings. The fourth-order valence-electron chi connectivity index (χ4n) is 2.62. The van der Waals surface area contributed by atoms with E-state index in [2.05, 4.69) is 38.1 Å². The smallest absolute Gasteiger partial charge is 0.254 e. The van der Waals surface area contributed by atoms with Crippen molar-refractivity contribution in [2.45, 2.75) is 25.8 Å². The van der Waals surface area contributed by atoms with Crippen LogP contribution in [-0.2, 0) is 9.59 Å². The van der Waals surface area contributed by atoms with Crippen LogP contribution in [0.15, 0.2) is 28.2 Å². The predicted octanol–water partition coefficient (Wildman–Crippen LogP) is 2.10. The lowest BCUT2D eigenvalue weighted by Gasteiger charge is -2.22. The molecule has 3 rings (SSSR count). The molecular formula is C16H14BrN3O3. The van der Waals surface area contributed by atoms with E-state index in [1.165, 1.54) is 0 Å². The van der Waals surface area contributed by atoms with E-state index in [-0.39, 0.29) is 12.3 Å². The Labute approximate surface area is 141 Å². The molecule has 0 saturated carbocycles. The second kappa shape index (κ2) is 5.73. The summed E-state index contributed by atoms with van der Waals surface area (Å²) in [6.07, 6.45) is 0.503. The molecule has 6 nitrogen and oxygen atoms in total. The molecule has 1 unspecified atom stereocenters. The van der Waals surface area contributed by atoms with E-state index in [1.54, 1.807) is 6.07 Å². The van der Waals surface area contributed by atoms with Gasteiger partial charge in [0, 0.05) is 22.2 Å². The summed E-state index contributed by atoms with van der Waals surface area (Å²) < 4.78 is 0.732. The van der Waals surface area contributed by atoms with Gasteiger partial charge in [0.25, 0.3) is 5.91 Å². The second-order valence-corrected chi connectivity index (χ2v) is 6.42. The SMILES string of the molecule is C=C1C(C)=Nc2c1cc(Br)cc2C(=O)NC1CCC(=O)NC1=O. The van der Waals surface area contributed by atoms with E-state index in [0.717, 1.165) is 21.3 Å². The largest absolute Gasteiger partial charge is 0.340 e. The summed E-state index contributed by atoms with van der Waals surface area (Å²) in [4.78, 5) is 39.9. The number of benzene rings is 1. The zero-order chi connectivity index (χ0) is 16.7. The molecule has 2 aliphatic heterocycles. The van der Waals surface area contributed by atoms with Gasteiger partial charge in [-0.25, -0.2) is 0 Å². The number of rotatable bonds is 2. The van der Waals surface area contributed by atoms with Crippen LogP contribution in [0.3, 0.4) is 0 Å². The third kappa shape index (κ3) is 2.84. The van der Waals surface area contributed by atoms with Crippen molar-refractivity contribution < 1.29 is 14.4 Å². The van der Waals surface area contributed by atoms with Crippen LogP contribution in [-0.4, -0.2) is 29.5 Å². The summed E-state index contributed by atoms with van der Waals surface area (Å²) in [5, 5.41) is 4.89. The third-order valence-corrected chi connectivity index (χ3v) is 4.36. The van der Waals surface area contributed by atoms with Gasteiger partial charge < -0.3 is 5.32 Å². The molecule has 2 heterocycles. The number of fused-ring (bicyclic) bond motifs is 1. The van der Waals surface area contributed by atoms with Gasteiger partial charge in [0.05, 0.1) is 11.3 Å². The number of nitrogens with zero attached hydrogens (tertiary/aromatic N) is 1. The summed E-state index contributed by atoms with van der Waals surface area (Å²) in [6, 6.07) is 2.81. The Bertz CT molecular complexity index is 798. The Balaban J connectivity index is 1.89. The normalized spacial score (nSPS) is 20.0. The van der Waals surface area contributed by atoms with Gasteiger partial charge in [-0.15, -0.1) is 0 Å². The number of allylic oxidation sites excluding steroid dienone is 1. The zero-order valence-corrected chi connectivity index (χ0v) is 14.0. The van der Waals surface area contributed by atoms with E-state index in [9.17, 15) is 14.4 Å². The van der Waals surface area contributed by atoms with E-state index in [1.807, 2.05) is 13.0 Å². The molecule has 2 aliphatic rings. The Hall–Kier alpha value is -2.28. The highest BCUT2D eigenvalue weighted by molar-refractivity contribution is 9.10. The van der Waals surface area contributed by atoms with Crippen LogP contribution in [0, 0.1) is 0 Å². The number of halogens is 1. The molecule has 0 bridgehead atoms. The number of carbonyl (C=O) groups excluding carboxylic acids is 3. The van der Waals surface area contributed by atoms with Gasteiger partial charge in [0.15, 0.2) is 0 Å². The van der Waals surface area contributed by atoms with Gasteiger partial charge in [-0.05, 0) is 31.1 Å². The molecule has 0 aliphatic carbocycles. The first kappa shape index (κ1) is 15.6. The lowest BCUT2D eigenvalue weighted by Crippen LogP contribution is -2.52. The summed E-state index contributed by atoms with van der Waals surface area (Å²) in [6.45, 7) is 5.80. The van der Waals surface area contributed by atoms with Crippen LogP contribution >= 0.6 is 15.9 Å². The summed E-state index contributed by atoms with van der Waals surface area (Å²) in [7, 11) is 0. The summed E-state index contributed by atoms with van der Waals surface area (Å²) in [5.41, 5.74) is 3.26. The zero-order valence-electron chi connectivity index (χ0n) is 12.4. The topological polar surface area (TPSA) is 87.6 Å². The number of hydrogen-bond donors (Lipinski definition) is 2. The molecule has 2 N–H and O–H groups in total. The number of aliphatic imine (C=N–C) groups is 1. The van der Waals surface area contributed by atoms with Crippen LogP contribution in [0.5, 0.6) is 0 Å². The summed E-state index contributed by atoms with van der Waals surface area (Å²) in [5.74, 6) is -1.20. The van der Waals surface area contributed by atoms with Gasteiger partial charge in [-0.3, -0.25) is 24.7 Å². The van der Waals surface area contributed by atoms with Crippen molar-refractivity contribution in [3.05, 3.63) is 34.3 Å². The lowest BCUT2D eigenvalue weighted by atomic mass is 10.0. The van der Waals surface area contributed by atoms with Crippen molar-refractivity contribution in [2.24, 2.45) is 4.99 Å². The molecule has 1 atom stereocenters. The average molecular weight is 376 g/mol. The number of imide groups is 1. The quantitative estimate of drug-likeness (QED) is 0.775. The van der Waals surface area contributed by atoms with Gasteiger partial charge >= 0.3 is 0 Å². The second-order valence-electron chi connectivity index (χ2n) is 5.50. The number of carbonyl (C=O) groups is 3. The van der Waals surface area contributed by atoms with Gasteiger partial charge in [-0.1, -0.05) is 22.5 Å². The van der Waals surface area contributed by atoms with E-state index >= 15 is 0 Å². The summed E-state index contributed by atoms with van der Waals surface area (Å²) >= 11 is 3.38. The molecule has 7 heteroatoms. The first-order valence-electron chi connectivity index (χ1n) is 7.10. The maximum atomic E-state index is 12.6. The Morgan fingerprint density at radius 1 is 1.43 bits per heavy atom. The molecule has 0 radical (unpaired) electrons. The van der Waals surface area contributed by atoms with Crippen molar-refractivity contribution in [2.75, 3.05) is 0 Å². The van der Waals surface area contributed by atoms with Crippen molar-refractivity contribution in [1.29, 1.82) is 0 Å². The number of hydrogen-bond acceptors (Lipinski definition) is 4. The minimum absolute atomic E-state index is 0.210. The standard InChI is InChI=1S/C16H14BrN3O3/c1-7-8(2)18-14-10(7)5-9(17)6-11(14)15(22)19-12-3-4-13(21)20-16(12)23/h5-6,12H,1,3-4H2,2H3,(H,19,22)(H,20,21,23). The molecule has 0 aromatic heterocycles. The molecule has 1 aromatic rings. The van der Waals surface area contributed by atoms with Crippen LogP contribution in [0.1, 0.15) is 35.7 Å². The van der Waals surface area contributed by atoms with Crippen LogP contribution in [0.4, 0.5) is 5.69 Å². The highest BCUT2D eigenvalue weighted by atomic mass is 79.9. The van der Waals surface area contributed by atoms with Crippen LogP contribution < -0.4 is 10.6 Å². The maximum Gasteiger partial charge on any atom is 0.254 e.